The van der Waals surface area contributed by atoms with Crippen LogP contribution in [0.4, 0.5) is 5.69 Å². The molecule has 0 amide bonds. The van der Waals surface area contributed by atoms with Crippen molar-refractivity contribution in [2.45, 2.75) is 38.8 Å². The maximum Gasteiger partial charge on any atom is 0.0371 e. The van der Waals surface area contributed by atoms with Gasteiger partial charge in [-0.15, -0.1) is 0 Å². The fourth-order valence-electron chi connectivity index (χ4n) is 2.62. The second-order valence-electron chi connectivity index (χ2n) is 4.89. The summed E-state index contributed by atoms with van der Waals surface area (Å²) in [6.07, 6.45) is 2.49. The minimum Gasteiger partial charge on any atom is -0.369 e. The third-order valence-electron chi connectivity index (χ3n) is 3.62. The molecule has 2 rings (SSSR count). The molecule has 1 aromatic rings. The van der Waals surface area contributed by atoms with Gasteiger partial charge in [-0.1, -0.05) is 12.1 Å². The monoisotopic (exact) mass is 218 g/mol. The summed E-state index contributed by atoms with van der Waals surface area (Å²) >= 11 is 0. The summed E-state index contributed by atoms with van der Waals surface area (Å²) in [4.78, 5) is 2.53. The molecule has 88 valence electrons. The number of rotatable bonds is 2. The maximum absolute atomic E-state index is 3.39. The van der Waals surface area contributed by atoms with Gasteiger partial charge in [0.25, 0.3) is 0 Å². The van der Waals surface area contributed by atoms with Crippen molar-refractivity contribution in [1.82, 2.24) is 5.32 Å². The number of anilines is 1. The summed E-state index contributed by atoms with van der Waals surface area (Å²) in [7, 11) is 2.07. The van der Waals surface area contributed by atoms with Crippen molar-refractivity contribution < 1.29 is 0 Å². The molecule has 0 saturated carbocycles. The summed E-state index contributed by atoms with van der Waals surface area (Å²) in [6.45, 7) is 5.65. The fraction of sp³-hybridized carbons (Fsp3) is 0.571. The first-order chi connectivity index (χ1) is 7.70. The van der Waals surface area contributed by atoms with E-state index in [-0.39, 0.29) is 0 Å². The molecule has 0 aromatic heterocycles. The number of hydrogen-bond donors (Lipinski definition) is 1. The largest absolute Gasteiger partial charge is 0.369 e. The van der Waals surface area contributed by atoms with Gasteiger partial charge >= 0.3 is 0 Å². The fourth-order valence-corrected chi connectivity index (χ4v) is 2.62. The van der Waals surface area contributed by atoms with Gasteiger partial charge in [-0.2, -0.15) is 0 Å². The molecule has 2 nitrogen and oxygen atoms in total. The van der Waals surface area contributed by atoms with Crippen LogP contribution < -0.4 is 10.2 Å². The summed E-state index contributed by atoms with van der Waals surface area (Å²) in [6, 6.07) is 10.2. The molecule has 1 aliphatic heterocycles. The van der Waals surface area contributed by atoms with Crippen molar-refractivity contribution in [3.8, 4) is 0 Å². The van der Waals surface area contributed by atoms with Crippen LogP contribution in [0.15, 0.2) is 24.3 Å². The van der Waals surface area contributed by atoms with E-state index in [2.05, 4.69) is 55.4 Å². The van der Waals surface area contributed by atoms with E-state index in [1.807, 2.05) is 0 Å². The number of nitrogens with one attached hydrogen (secondary N) is 1. The van der Waals surface area contributed by atoms with Gasteiger partial charge in [0.05, 0.1) is 0 Å². The number of hydrogen-bond acceptors (Lipinski definition) is 2. The lowest BCUT2D eigenvalue weighted by molar-refractivity contribution is 0.387. The first kappa shape index (κ1) is 11.5. The van der Waals surface area contributed by atoms with Gasteiger partial charge in [0, 0.05) is 24.3 Å². The van der Waals surface area contributed by atoms with Gasteiger partial charge in [0.15, 0.2) is 0 Å². The molecule has 2 unspecified atom stereocenters. The van der Waals surface area contributed by atoms with Crippen molar-refractivity contribution in [2.24, 2.45) is 0 Å². The minimum absolute atomic E-state index is 0.632. The zero-order valence-corrected chi connectivity index (χ0v) is 10.5. The predicted octanol–water partition coefficient (Wildman–Crippen LogP) is 2.57. The Morgan fingerprint density at radius 2 is 2.19 bits per heavy atom. The van der Waals surface area contributed by atoms with E-state index >= 15 is 0 Å². The topological polar surface area (TPSA) is 15.3 Å². The third-order valence-corrected chi connectivity index (χ3v) is 3.62. The molecule has 0 aliphatic carbocycles. The van der Waals surface area contributed by atoms with Crippen LogP contribution in [0.1, 0.15) is 25.3 Å². The molecule has 1 saturated heterocycles. The Morgan fingerprint density at radius 3 is 2.81 bits per heavy atom. The van der Waals surface area contributed by atoms with E-state index in [9.17, 15) is 0 Å². The zero-order valence-electron chi connectivity index (χ0n) is 10.5. The van der Waals surface area contributed by atoms with Crippen molar-refractivity contribution in [2.75, 3.05) is 18.5 Å². The van der Waals surface area contributed by atoms with Crippen molar-refractivity contribution in [1.29, 1.82) is 0 Å². The van der Waals surface area contributed by atoms with Gasteiger partial charge in [-0.05, 0) is 51.4 Å². The number of piperidine rings is 1. The number of nitrogens with zero attached hydrogens (tertiary/aromatic N) is 1. The van der Waals surface area contributed by atoms with Gasteiger partial charge < -0.3 is 10.2 Å². The van der Waals surface area contributed by atoms with Gasteiger partial charge in [0.2, 0.25) is 0 Å². The van der Waals surface area contributed by atoms with E-state index in [0.717, 1.165) is 6.54 Å². The first-order valence-electron chi connectivity index (χ1n) is 6.21. The lowest BCUT2D eigenvalue weighted by Gasteiger charge is -2.39. The molecule has 0 bridgehead atoms. The van der Waals surface area contributed by atoms with Crippen LogP contribution in [-0.2, 0) is 0 Å². The average molecular weight is 218 g/mol. The molecule has 1 aliphatic rings. The second-order valence-corrected chi connectivity index (χ2v) is 4.89. The molecule has 1 heterocycles. The van der Waals surface area contributed by atoms with Crippen LogP contribution in [0.5, 0.6) is 0 Å². The normalized spacial score (nSPS) is 25.8. The Bertz CT molecular complexity index is 348. The standard InChI is InChI=1S/C14H22N2/c1-11-5-4-6-14(9-11)16-8-7-13(15-3)10-12(16)2/h4-6,9,12-13,15H,7-8,10H2,1-3H3. The Balaban J connectivity index is 2.11. The lowest BCUT2D eigenvalue weighted by atomic mass is 9.97. The SMILES string of the molecule is CNC1CCN(c2cccc(C)c2)C(C)C1. The van der Waals surface area contributed by atoms with Crippen LogP contribution in [0.3, 0.4) is 0 Å². The Morgan fingerprint density at radius 1 is 1.38 bits per heavy atom. The van der Waals surface area contributed by atoms with Gasteiger partial charge in [-0.25, -0.2) is 0 Å². The summed E-state index contributed by atoms with van der Waals surface area (Å²) in [5.74, 6) is 0. The molecule has 0 radical (unpaired) electrons. The van der Waals surface area contributed by atoms with Crippen LogP contribution in [-0.4, -0.2) is 25.7 Å². The molecule has 1 aromatic carbocycles. The van der Waals surface area contributed by atoms with Crippen molar-refractivity contribution in [3.63, 3.8) is 0 Å². The van der Waals surface area contributed by atoms with Crippen molar-refractivity contribution in [3.05, 3.63) is 29.8 Å². The summed E-state index contributed by atoms with van der Waals surface area (Å²) in [5.41, 5.74) is 2.72. The molecule has 2 atom stereocenters. The summed E-state index contributed by atoms with van der Waals surface area (Å²) in [5, 5.41) is 3.39. The van der Waals surface area contributed by atoms with Crippen LogP contribution in [0.25, 0.3) is 0 Å². The van der Waals surface area contributed by atoms with Crippen LogP contribution >= 0.6 is 0 Å². The van der Waals surface area contributed by atoms with Crippen LogP contribution in [0, 0.1) is 6.92 Å². The molecule has 1 fully saturated rings. The van der Waals surface area contributed by atoms with E-state index in [4.69, 9.17) is 0 Å². The van der Waals surface area contributed by atoms with E-state index in [1.54, 1.807) is 0 Å². The smallest absolute Gasteiger partial charge is 0.0371 e. The molecule has 0 spiro atoms. The van der Waals surface area contributed by atoms with Gasteiger partial charge in [0.1, 0.15) is 0 Å². The third kappa shape index (κ3) is 2.38. The average Bonchev–Trinajstić information content (AvgIpc) is 2.28. The molecular formula is C14H22N2. The predicted molar refractivity (Wildman–Crippen MR) is 70.1 cm³/mol. The highest BCUT2D eigenvalue weighted by Gasteiger charge is 2.24. The van der Waals surface area contributed by atoms with E-state index in [1.165, 1.54) is 24.1 Å². The highest BCUT2D eigenvalue weighted by atomic mass is 15.2. The highest BCUT2D eigenvalue weighted by Crippen LogP contribution is 2.25. The van der Waals surface area contributed by atoms with E-state index < -0.39 is 0 Å². The summed E-state index contributed by atoms with van der Waals surface area (Å²) < 4.78 is 0. The Hall–Kier alpha value is -1.02. The Labute approximate surface area is 98.7 Å². The number of aryl methyl sites for hydroxylation is 1. The van der Waals surface area contributed by atoms with Crippen molar-refractivity contribution >= 4 is 5.69 Å². The zero-order chi connectivity index (χ0) is 11.5. The quantitative estimate of drug-likeness (QED) is 0.820. The number of benzene rings is 1. The first-order valence-corrected chi connectivity index (χ1v) is 6.21. The maximum atomic E-state index is 3.39. The molecule has 1 N–H and O–H groups in total. The molecule has 2 heteroatoms. The molecule has 16 heavy (non-hydrogen) atoms. The van der Waals surface area contributed by atoms with Crippen LogP contribution in [0.2, 0.25) is 0 Å². The lowest BCUT2D eigenvalue weighted by Crippen LogP contribution is -2.46. The molecular weight excluding hydrogens is 196 g/mol. The highest BCUT2D eigenvalue weighted by molar-refractivity contribution is 5.49. The minimum atomic E-state index is 0.632. The second kappa shape index (κ2) is 4.88. The van der Waals surface area contributed by atoms with E-state index in [0.29, 0.717) is 12.1 Å². The van der Waals surface area contributed by atoms with Gasteiger partial charge in [-0.3, -0.25) is 0 Å². The Kier molecular flexibility index (Phi) is 3.49.